The molecule has 128 valence electrons. The monoisotopic (exact) mass is 336 g/mol. The molecule has 1 N–H and O–H groups in total. The summed E-state index contributed by atoms with van der Waals surface area (Å²) in [4.78, 5) is 21.6. The highest BCUT2D eigenvalue weighted by Gasteiger charge is 2.21. The van der Waals surface area contributed by atoms with Gasteiger partial charge in [0.25, 0.3) is 0 Å². The maximum Gasteiger partial charge on any atom is 0.142 e. The Morgan fingerprint density at radius 3 is 2.88 bits per heavy atom. The zero-order chi connectivity index (χ0) is 17.2. The SMILES string of the molecule is Cn1cc(-c2ccc3cnc(CC(=O)C4CCNCC4)cc3n2)nn1. The number of rotatable bonds is 4. The lowest BCUT2D eigenvalue weighted by Gasteiger charge is -2.21. The Kier molecular flexibility index (Phi) is 4.23. The predicted octanol–water partition coefficient (Wildman–Crippen LogP) is 1.54. The maximum atomic E-state index is 12.5. The molecule has 1 fully saturated rings. The van der Waals surface area contributed by atoms with E-state index >= 15 is 0 Å². The van der Waals surface area contributed by atoms with Gasteiger partial charge in [-0.25, -0.2) is 4.98 Å². The predicted molar refractivity (Wildman–Crippen MR) is 93.8 cm³/mol. The van der Waals surface area contributed by atoms with E-state index in [-0.39, 0.29) is 11.7 Å². The van der Waals surface area contributed by atoms with Crippen molar-refractivity contribution in [1.82, 2.24) is 30.3 Å². The zero-order valence-electron chi connectivity index (χ0n) is 14.1. The Hall–Kier alpha value is -2.67. The van der Waals surface area contributed by atoms with E-state index in [1.54, 1.807) is 10.9 Å². The molecule has 25 heavy (non-hydrogen) atoms. The number of nitrogens with one attached hydrogen (secondary N) is 1. The van der Waals surface area contributed by atoms with Crippen molar-refractivity contribution in [3.05, 3.63) is 36.3 Å². The van der Waals surface area contributed by atoms with Crippen LogP contribution in [0.5, 0.6) is 0 Å². The first-order valence-corrected chi connectivity index (χ1v) is 8.55. The van der Waals surface area contributed by atoms with Gasteiger partial charge in [-0.3, -0.25) is 14.5 Å². The number of aryl methyl sites for hydroxylation is 1. The average molecular weight is 336 g/mol. The topological polar surface area (TPSA) is 85.6 Å². The van der Waals surface area contributed by atoms with Gasteiger partial charge < -0.3 is 5.32 Å². The lowest BCUT2D eigenvalue weighted by Crippen LogP contribution is -2.32. The quantitative estimate of drug-likeness (QED) is 0.778. The number of pyridine rings is 2. The minimum absolute atomic E-state index is 0.151. The summed E-state index contributed by atoms with van der Waals surface area (Å²) in [6.45, 7) is 1.84. The number of nitrogens with zero attached hydrogens (tertiary/aromatic N) is 5. The first-order chi connectivity index (χ1) is 12.2. The van der Waals surface area contributed by atoms with Crippen LogP contribution in [-0.4, -0.2) is 43.8 Å². The molecular weight excluding hydrogens is 316 g/mol. The molecule has 4 heterocycles. The number of ketones is 1. The molecule has 3 aromatic rings. The van der Waals surface area contributed by atoms with Gasteiger partial charge in [0.1, 0.15) is 11.5 Å². The van der Waals surface area contributed by atoms with Gasteiger partial charge in [-0.05, 0) is 44.1 Å². The van der Waals surface area contributed by atoms with Crippen molar-refractivity contribution in [2.75, 3.05) is 13.1 Å². The minimum atomic E-state index is 0.151. The second-order valence-corrected chi connectivity index (χ2v) is 6.51. The van der Waals surface area contributed by atoms with Crippen LogP contribution in [0, 0.1) is 5.92 Å². The van der Waals surface area contributed by atoms with Crippen molar-refractivity contribution >= 4 is 16.7 Å². The molecule has 3 aromatic heterocycles. The normalized spacial score (nSPS) is 15.6. The van der Waals surface area contributed by atoms with Crippen molar-refractivity contribution in [1.29, 1.82) is 0 Å². The molecule has 1 aliphatic heterocycles. The fourth-order valence-electron chi connectivity index (χ4n) is 3.23. The number of Topliss-reactive ketones (excluding diaryl/α,β-unsaturated/α-hetero) is 1. The summed E-state index contributed by atoms with van der Waals surface area (Å²) in [6, 6.07) is 5.79. The first-order valence-electron chi connectivity index (χ1n) is 8.55. The summed E-state index contributed by atoms with van der Waals surface area (Å²) in [5.74, 6) is 0.427. The van der Waals surface area contributed by atoms with Gasteiger partial charge in [0, 0.05) is 36.7 Å². The fourth-order valence-corrected chi connectivity index (χ4v) is 3.23. The van der Waals surface area contributed by atoms with E-state index < -0.39 is 0 Å². The van der Waals surface area contributed by atoms with Crippen molar-refractivity contribution < 1.29 is 4.79 Å². The average Bonchev–Trinajstić information content (AvgIpc) is 3.08. The van der Waals surface area contributed by atoms with Crippen LogP contribution in [0.1, 0.15) is 18.5 Å². The number of carbonyl (C=O) groups excluding carboxylic acids is 1. The molecule has 7 nitrogen and oxygen atoms in total. The van der Waals surface area contributed by atoms with E-state index in [1.165, 1.54) is 0 Å². The highest BCUT2D eigenvalue weighted by Crippen LogP contribution is 2.20. The van der Waals surface area contributed by atoms with E-state index in [1.807, 2.05) is 31.4 Å². The molecule has 0 spiro atoms. The Labute approximate surface area is 145 Å². The molecule has 1 aliphatic rings. The van der Waals surface area contributed by atoms with Crippen LogP contribution in [0.4, 0.5) is 0 Å². The summed E-state index contributed by atoms with van der Waals surface area (Å²) >= 11 is 0. The number of hydrogen-bond acceptors (Lipinski definition) is 6. The fraction of sp³-hybridized carbons (Fsp3) is 0.389. The zero-order valence-corrected chi connectivity index (χ0v) is 14.1. The molecule has 0 unspecified atom stereocenters. The molecule has 0 aromatic carbocycles. The summed E-state index contributed by atoms with van der Waals surface area (Å²) in [7, 11) is 1.83. The van der Waals surface area contributed by atoms with Gasteiger partial charge in [-0.1, -0.05) is 5.21 Å². The molecule has 7 heteroatoms. The van der Waals surface area contributed by atoms with Crippen molar-refractivity contribution in [2.24, 2.45) is 13.0 Å². The lowest BCUT2D eigenvalue weighted by atomic mass is 9.91. The largest absolute Gasteiger partial charge is 0.317 e. The van der Waals surface area contributed by atoms with Gasteiger partial charge in [0.15, 0.2) is 0 Å². The van der Waals surface area contributed by atoms with Crippen LogP contribution >= 0.6 is 0 Å². The number of piperidine rings is 1. The summed E-state index contributed by atoms with van der Waals surface area (Å²) in [6.07, 6.45) is 5.82. The van der Waals surface area contributed by atoms with Crippen LogP contribution in [0.25, 0.3) is 22.3 Å². The van der Waals surface area contributed by atoms with Gasteiger partial charge >= 0.3 is 0 Å². The number of hydrogen-bond donors (Lipinski definition) is 1. The standard InChI is InChI=1S/C18H20N6O/c1-24-11-17(22-23-24)15-3-2-13-10-20-14(8-16(13)21-15)9-18(25)12-4-6-19-7-5-12/h2-3,8,10-12,19H,4-7,9H2,1H3. The van der Waals surface area contributed by atoms with E-state index in [2.05, 4.69) is 25.6 Å². The van der Waals surface area contributed by atoms with Gasteiger partial charge in [0.05, 0.1) is 17.4 Å². The second-order valence-electron chi connectivity index (χ2n) is 6.51. The highest BCUT2D eigenvalue weighted by atomic mass is 16.1. The van der Waals surface area contributed by atoms with Crippen LogP contribution in [0.15, 0.2) is 30.6 Å². The van der Waals surface area contributed by atoms with Gasteiger partial charge in [-0.2, -0.15) is 0 Å². The number of fused-ring (bicyclic) bond motifs is 1. The van der Waals surface area contributed by atoms with Crippen molar-refractivity contribution in [3.8, 4) is 11.4 Å². The lowest BCUT2D eigenvalue weighted by molar-refractivity contribution is -0.123. The third kappa shape index (κ3) is 3.41. The van der Waals surface area contributed by atoms with Gasteiger partial charge in [0.2, 0.25) is 0 Å². The van der Waals surface area contributed by atoms with Crippen LogP contribution in [0.3, 0.4) is 0 Å². The van der Waals surface area contributed by atoms with Crippen LogP contribution in [0.2, 0.25) is 0 Å². The third-order valence-electron chi connectivity index (χ3n) is 4.65. The molecule has 0 aliphatic carbocycles. The summed E-state index contributed by atoms with van der Waals surface area (Å²) in [5, 5.41) is 12.3. The van der Waals surface area contributed by atoms with Gasteiger partial charge in [-0.15, -0.1) is 5.10 Å². The highest BCUT2D eigenvalue weighted by molar-refractivity contribution is 5.85. The first kappa shape index (κ1) is 15.8. The van der Waals surface area contributed by atoms with Crippen molar-refractivity contribution in [2.45, 2.75) is 19.3 Å². The Balaban J connectivity index is 1.59. The molecule has 0 saturated carbocycles. The molecule has 0 atom stereocenters. The summed E-state index contributed by atoms with van der Waals surface area (Å²) < 4.78 is 1.65. The minimum Gasteiger partial charge on any atom is -0.317 e. The van der Waals surface area contributed by atoms with E-state index in [4.69, 9.17) is 0 Å². The second kappa shape index (κ2) is 6.68. The van der Waals surface area contributed by atoms with E-state index in [0.717, 1.165) is 53.9 Å². The molecule has 0 bridgehead atoms. The number of carbonyl (C=O) groups is 1. The maximum absolute atomic E-state index is 12.5. The van der Waals surface area contributed by atoms with E-state index in [9.17, 15) is 4.79 Å². The Bertz CT molecular complexity index is 913. The van der Waals surface area contributed by atoms with Crippen molar-refractivity contribution in [3.63, 3.8) is 0 Å². The molecule has 4 rings (SSSR count). The third-order valence-corrected chi connectivity index (χ3v) is 4.65. The molecule has 0 amide bonds. The molecule has 0 radical (unpaired) electrons. The number of aromatic nitrogens is 5. The Morgan fingerprint density at radius 2 is 2.12 bits per heavy atom. The molecule has 1 saturated heterocycles. The van der Waals surface area contributed by atoms with Crippen LogP contribution < -0.4 is 5.32 Å². The van der Waals surface area contributed by atoms with E-state index in [0.29, 0.717) is 6.42 Å². The Morgan fingerprint density at radius 1 is 1.28 bits per heavy atom. The summed E-state index contributed by atoms with van der Waals surface area (Å²) in [5.41, 5.74) is 3.10. The smallest absolute Gasteiger partial charge is 0.142 e. The molecular formula is C18H20N6O. The van der Waals surface area contributed by atoms with Crippen LogP contribution in [-0.2, 0) is 18.3 Å².